The monoisotopic (exact) mass is 349 g/mol. The van der Waals surface area contributed by atoms with Gasteiger partial charge in [0.05, 0.1) is 13.7 Å². The standard InChI is InChI=1S/C16H19N3O6/c1-24-12-5-2-4-11(8-12)18-13(20)10-25-15(22)6-3-7-19-14(21)9-17-16(19)23/h2,4-5,8H,3,6-7,9-10H2,1H3,(H,17,23)(H,18,20). The lowest BCUT2D eigenvalue weighted by Crippen LogP contribution is -2.32. The fraction of sp³-hybridized carbons (Fsp3) is 0.375. The zero-order valence-electron chi connectivity index (χ0n) is 13.7. The largest absolute Gasteiger partial charge is 0.497 e. The summed E-state index contributed by atoms with van der Waals surface area (Å²) in [4.78, 5) is 47.1. The Morgan fingerprint density at radius 3 is 2.80 bits per heavy atom. The second-order valence-electron chi connectivity index (χ2n) is 5.25. The molecule has 134 valence electrons. The first-order valence-corrected chi connectivity index (χ1v) is 7.67. The normalized spacial score (nSPS) is 13.4. The first-order valence-electron chi connectivity index (χ1n) is 7.67. The number of benzene rings is 1. The number of rotatable bonds is 8. The zero-order valence-corrected chi connectivity index (χ0v) is 13.7. The van der Waals surface area contributed by atoms with Crippen molar-refractivity contribution in [1.82, 2.24) is 10.2 Å². The molecule has 0 bridgehead atoms. The zero-order chi connectivity index (χ0) is 18.2. The molecule has 1 aromatic carbocycles. The minimum atomic E-state index is -0.576. The number of imide groups is 1. The van der Waals surface area contributed by atoms with Gasteiger partial charge in [0.25, 0.3) is 5.91 Å². The third-order valence-corrected chi connectivity index (χ3v) is 3.42. The van der Waals surface area contributed by atoms with Crippen LogP contribution in [-0.2, 0) is 19.1 Å². The number of hydrogen-bond acceptors (Lipinski definition) is 6. The number of methoxy groups -OCH3 is 1. The van der Waals surface area contributed by atoms with E-state index in [-0.39, 0.29) is 31.8 Å². The Morgan fingerprint density at radius 1 is 1.32 bits per heavy atom. The maximum Gasteiger partial charge on any atom is 0.324 e. The maximum absolute atomic E-state index is 11.8. The molecule has 1 heterocycles. The molecule has 1 aliphatic rings. The highest BCUT2D eigenvalue weighted by Gasteiger charge is 2.27. The Labute approximate surface area is 144 Å². The van der Waals surface area contributed by atoms with Gasteiger partial charge in [-0.3, -0.25) is 19.3 Å². The summed E-state index contributed by atoms with van der Waals surface area (Å²) >= 11 is 0. The molecular weight excluding hydrogens is 330 g/mol. The molecule has 0 aromatic heterocycles. The van der Waals surface area contributed by atoms with Gasteiger partial charge >= 0.3 is 12.0 Å². The molecule has 0 unspecified atom stereocenters. The summed E-state index contributed by atoms with van der Waals surface area (Å²) in [5.41, 5.74) is 0.527. The topological polar surface area (TPSA) is 114 Å². The van der Waals surface area contributed by atoms with Crippen LogP contribution in [0.3, 0.4) is 0 Å². The number of anilines is 1. The molecule has 2 N–H and O–H groups in total. The number of amides is 4. The molecule has 0 spiro atoms. The predicted molar refractivity (Wildman–Crippen MR) is 86.9 cm³/mol. The van der Waals surface area contributed by atoms with E-state index in [9.17, 15) is 19.2 Å². The van der Waals surface area contributed by atoms with Gasteiger partial charge in [0.1, 0.15) is 5.75 Å². The van der Waals surface area contributed by atoms with Crippen molar-refractivity contribution in [2.75, 3.05) is 32.1 Å². The van der Waals surface area contributed by atoms with Crippen LogP contribution in [0, 0.1) is 0 Å². The van der Waals surface area contributed by atoms with Crippen molar-refractivity contribution in [3.8, 4) is 5.75 Å². The summed E-state index contributed by atoms with van der Waals surface area (Å²) in [5.74, 6) is -0.783. The number of nitrogens with one attached hydrogen (secondary N) is 2. The number of carbonyl (C=O) groups excluding carboxylic acids is 4. The molecule has 0 aliphatic carbocycles. The van der Waals surface area contributed by atoms with Crippen LogP contribution in [0.1, 0.15) is 12.8 Å². The molecule has 1 fully saturated rings. The quantitative estimate of drug-likeness (QED) is 0.522. The van der Waals surface area contributed by atoms with Crippen LogP contribution in [0.2, 0.25) is 0 Å². The Hall–Kier alpha value is -3.10. The Morgan fingerprint density at radius 2 is 2.12 bits per heavy atom. The summed E-state index contributed by atoms with van der Waals surface area (Å²) in [5, 5.41) is 4.97. The van der Waals surface area contributed by atoms with E-state index in [1.165, 1.54) is 7.11 Å². The first-order chi connectivity index (χ1) is 12.0. The maximum atomic E-state index is 11.8. The Kier molecular flexibility index (Phi) is 6.33. The van der Waals surface area contributed by atoms with Crippen molar-refractivity contribution in [3.05, 3.63) is 24.3 Å². The van der Waals surface area contributed by atoms with Crippen LogP contribution in [0.4, 0.5) is 10.5 Å². The number of urea groups is 1. The average molecular weight is 349 g/mol. The number of esters is 1. The SMILES string of the molecule is COc1cccc(NC(=O)COC(=O)CCCN2C(=O)CNC2=O)c1. The number of carbonyl (C=O) groups is 4. The Balaban J connectivity index is 1.66. The van der Waals surface area contributed by atoms with Gasteiger partial charge in [-0.05, 0) is 18.6 Å². The molecule has 9 nitrogen and oxygen atoms in total. The summed E-state index contributed by atoms with van der Waals surface area (Å²) in [7, 11) is 1.52. The smallest absolute Gasteiger partial charge is 0.324 e. The summed E-state index contributed by atoms with van der Waals surface area (Å²) in [6.07, 6.45) is 0.277. The van der Waals surface area contributed by atoms with Gasteiger partial charge in [-0.1, -0.05) is 6.07 Å². The van der Waals surface area contributed by atoms with Crippen molar-refractivity contribution in [2.45, 2.75) is 12.8 Å². The number of ether oxygens (including phenoxy) is 2. The van der Waals surface area contributed by atoms with E-state index >= 15 is 0 Å². The van der Waals surface area contributed by atoms with Crippen molar-refractivity contribution in [1.29, 1.82) is 0 Å². The molecule has 0 saturated carbocycles. The lowest BCUT2D eigenvalue weighted by Gasteiger charge is -2.11. The third-order valence-electron chi connectivity index (χ3n) is 3.42. The van der Waals surface area contributed by atoms with Gasteiger partial charge in [0.2, 0.25) is 5.91 Å². The molecule has 0 atom stereocenters. The van der Waals surface area contributed by atoms with Gasteiger partial charge < -0.3 is 20.1 Å². The van der Waals surface area contributed by atoms with Crippen molar-refractivity contribution >= 4 is 29.5 Å². The van der Waals surface area contributed by atoms with Gasteiger partial charge in [0, 0.05) is 24.7 Å². The fourth-order valence-electron chi connectivity index (χ4n) is 2.18. The van der Waals surface area contributed by atoms with Gasteiger partial charge in [0.15, 0.2) is 6.61 Å². The molecule has 2 rings (SSSR count). The van der Waals surface area contributed by atoms with E-state index in [2.05, 4.69) is 10.6 Å². The van der Waals surface area contributed by atoms with E-state index in [0.717, 1.165) is 4.90 Å². The van der Waals surface area contributed by atoms with Crippen LogP contribution < -0.4 is 15.4 Å². The van der Waals surface area contributed by atoms with Gasteiger partial charge in [-0.2, -0.15) is 0 Å². The highest BCUT2D eigenvalue weighted by Crippen LogP contribution is 2.16. The van der Waals surface area contributed by atoms with E-state index < -0.39 is 24.5 Å². The summed E-state index contributed by atoms with van der Waals surface area (Å²) in [6, 6.07) is 6.31. The van der Waals surface area contributed by atoms with E-state index in [1.54, 1.807) is 24.3 Å². The van der Waals surface area contributed by atoms with Crippen LogP contribution in [0.25, 0.3) is 0 Å². The van der Waals surface area contributed by atoms with Crippen LogP contribution in [-0.4, -0.2) is 55.5 Å². The molecule has 25 heavy (non-hydrogen) atoms. The first kappa shape index (κ1) is 18.2. The fourth-order valence-corrected chi connectivity index (χ4v) is 2.18. The number of nitrogens with zero attached hydrogens (tertiary/aromatic N) is 1. The second-order valence-corrected chi connectivity index (χ2v) is 5.25. The molecule has 1 aliphatic heterocycles. The highest BCUT2D eigenvalue weighted by molar-refractivity contribution is 6.01. The van der Waals surface area contributed by atoms with Crippen LogP contribution >= 0.6 is 0 Å². The lowest BCUT2D eigenvalue weighted by atomic mass is 10.3. The second kappa shape index (κ2) is 8.67. The van der Waals surface area contributed by atoms with Crippen molar-refractivity contribution < 1.29 is 28.7 Å². The number of hydrogen-bond donors (Lipinski definition) is 2. The third kappa shape index (κ3) is 5.48. The highest BCUT2D eigenvalue weighted by atomic mass is 16.5. The Bertz CT molecular complexity index is 660. The molecule has 9 heteroatoms. The summed E-state index contributed by atoms with van der Waals surface area (Å²) in [6.45, 7) is -0.303. The molecule has 4 amide bonds. The predicted octanol–water partition coefficient (Wildman–Crippen LogP) is 0.509. The lowest BCUT2D eigenvalue weighted by molar-refractivity contribution is -0.147. The molecule has 1 aromatic rings. The van der Waals surface area contributed by atoms with Gasteiger partial charge in [-0.25, -0.2) is 4.79 Å². The van der Waals surface area contributed by atoms with Gasteiger partial charge in [-0.15, -0.1) is 0 Å². The van der Waals surface area contributed by atoms with Crippen LogP contribution in [0.5, 0.6) is 5.75 Å². The molecule has 0 radical (unpaired) electrons. The minimum absolute atomic E-state index is 0.00347. The van der Waals surface area contributed by atoms with Crippen molar-refractivity contribution in [3.63, 3.8) is 0 Å². The summed E-state index contributed by atoms with van der Waals surface area (Å²) < 4.78 is 9.91. The van der Waals surface area contributed by atoms with Crippen LogP contribution in [0.15, 0.2) is 24.3 Å². The average Bonchev–Trinajstić information content (AvgIpc) is 2.92. The molecular formula is C16H19N3O6. The van der Waals surface area contributed by atoms with E-state index in [1.807, 2.05) is 0 Å². The van der Waals surface area contributed by atoms with Crippen molar-refractivity contribution in [2.24, 2.45) is 0 Å². The van der Waals surface area contributed by atoms with E-state index in [4.69, 9.17) is 9.47 Å². The molecule has 1 saturated heterocycles. The van der Waals surface area contributed by atoms with E-state index in [0.29, 0.717) is 11.4 Å². The minimum Gasteiger partial charge on any atom is -0.497 e.